The molecule has 3 N–H and O–H groups in total. The van der Waals surface area contributed by atoms with Crippen molar-refractivity contribution in [2.24, 2.45) is 17.8 Å². The number of piperidine rings is 1. The fourth-order valence-electron chi connectivity index (χ4n) is 9.65. The largest absolute Gasteiger partial charge is 0.465 e. The predicted molar refractivity (Wildman–Crippen MR) is 214 cm³/mol. The highest BCUT2D eigenvalue weighted by molar-refractivity contribution is 7.91. The first-order valence-electron chi connectivity index (χ1n) is 19.6. The van der Waals surface area contributed by atoms with Gasteiger partial charge in [-0.3, -0.25) is 4.79 Å². The van der Waals surface area contributed by atoms with Crippen molar-refractivity contribution in [3.8, 4) is 0 Å². The molecule has 296 valence electrons. The predicted octanol–water partition coefficient (Wildman–Crippen LogP) is 6.76. The van der Waals surface area contributed by atoms with Crippen LogP contribution in [0.15, 0.2) is 108 Å². The number of nitrogens with zero attached hydrogens (tertiary/aromatic N) is 4. The van der Waals surface area contributed by atoms with E-state index in [1.54, 1.807) is 36.4 Å². The third-order valence-corrected chi connectivity index (χ3v) is 14.1. The summed E-state index contributed by atoms with van der Waals surface area (Å²) in [6.07, 6.45) is 9.09. The van der Waals surface area contributed by atoms with Gasteiger partial charge in [0.05, 0.1) is 9.79 Å². The molecule has 1 aliphatic carbocycles. The third-order valence-electron chi connectivity index (χ3n) is 12.3. The summed E-state index contributed by atoms with van der Waals surface area (Å²) in [7, 11) is -3.79. The van der Waals surface area contributed by atoms with E-state index in [4.69, 9.17) is 0 Å². The maximum Gasteiger partial charge on any atom is 0.404 e. The molecule has 0 bridgehead atoms. The number of aromatic nitrogens is 2. The number of benzene rings is 3. The highest BCUT2D eigenvalue weighted by atomic mass is 32.2. The van der Waals surface area contributed by atoms with Crippen LogP contribution in [0.2, 0.25) is 0 Å². The molecule has 3 aromatic carbocycles. The molecule has 2 saturated heterocycles. The highest BCUT2D eigenvalue weighted by Crippen LogP contribution is 2.52. The lowest BCUT2D eigenvalue weighted by atomic mass is 9.58. The number of imidazole rings is 1. The molecule has 2 amide bonds. The van der Waals surface area contributed by atoms with Crippen LogP contribution < -0.4 is 15.5 Å². The molecule has 11 nitrogen and oxygen atoms in total. The summed E-state index contributed by atoms with van der Waals surface area (Å²) in [5, 5.41) is 15.3. The van der Waals surface area contributed by atoms with Gasteiger partial charge in [-0.1, -0.05) is 38.1 Å². The number of anilines is 2. The average Bonchev–Trinajstić information content (AvgIpc) is 3.84. The van der Waals surface area contributed by atoms with Gasteiger partial charge >= 0.3 is 6.09 Å². The molecule has 56 heavy (non-hydrogen) atoms. The van der Waals surface area contributed by atoms with Crippen LogP contribution in [-0.2, 0) is 33.0 Å². The molecule has 3 atom stereocenters. The molecular formula is C43H51FN6O5S. The monoisotopic (exact) mass is 782 g/mol. The van der Waals surface area contributed by atoms with E-state index in [1.807, 2.05) is 30.6 Å². The van der Waals surface area contributed by atoms with Gasteiger partial charge in [0, 0.05) is 73.7 Å². The molecule has 1 aromatic heterocycles. The quantitative estimate of drug-likeness (QED) is 0.119. The number of hydrogen-bond acceptors (Lipinski definition) is 7. The van der Waals surface area contributed by atoms with Gasteiger partial charge in [-0.05, 0) is 117 Å². The van der Waals surface area contributed by atoms with Gasteiger partial charge in [0.2, 0.25) is 15.7 Å². The molecule has 3 aliphatic rings. The van der Waals surface area contributed by atoms with Crippen molar-refractivity contribution in [1.82, 2.24) is 19.8 Å². The number of sulfone groups is 1. The molecule has 13 heteroatoms. The molecule has 0 radical (unpaired) electrons. The minimum atomic E-state index is -3.79. The second kappa shape index (κ2) is 16.6. The van der Waals surface area contributed by atoms with E-state index >= 15 is 4.39 Å². The first kappa shape index (κ1) is 39.2. The molecule has 2 aliphatic heterocycles. The van der Waals surface area contributed by atoms with Crippen molar-refractivity contribution in [2.75, 3.05) is 42.9 Å². The Bertz CT molecular complexity index is 2150. The van der Waals surface area contributed by atoms with Crippen LogP contribution in [0, 0.1) is 23.6 Å². The molecule has 0 spiro atoms. The molecule has 7 rings (SSSR count). The number of carbonyl (C=O) groups excluding carboxylic acids is 1. The standard InChI is InChI=1S/C43H51FN6O5S/c1-3-40-45-20-23-49(40)29-43(32-8-5-9-33(44)24-32,38-12-7-13-39(38)47-42(52)53)31-18-21-48(22-19-31)26-30-27-50(28-30)35-14-16-36(17-15-35)56(54,55)37-11-6-10-34(25-37)46-41(51)4-2/h4-6,8-11,14-17,20,23-25,30-31,38-39,47H,2-3,7,12-13,18-19,21-22,26-29H2,1H3,(H,46,51)(H,52,53)/t38-,39-,43-/m0/s1. The number of hydrogen-bond donors (Lipinski definition) is 3. The summed E-state index contributed by atoms with van der Waals surface area (Å²) in [6, 6.07) is 19.9. The van der Waals surface area contributed by atoms with Gasteiger partial charge in [-0.25, -0.2) is 22.6 Å². The van der Waals surface area contributed by atoms with Gasteiger partial charge in [-0.15, -0.1) is 0 Å². The van der Waals surface area contributed by atoms with Crippen LogP contribution in [0.5, 0.6) is 0 Å². The van der Waals surface area contributed by atoms with Gasteiger partial charge in [0.25, 0.3) is 0 Å². The second-order valence-corrected chi connectivity index (χ2v) is 17.5. The Morgan fingerprint density at radius 2 is 1.75 bits per heavy atom. The van der Waals surface area contributed by atoms with Crippen molar-refractivity contribution in [2.45, 2.75) is 73.2 Å². The second-order valence-electron chi connectivity index (χ2n) is 15.5. The summed E-state index contributed by atoms with van der Waals surface area (Å²) in [4.78, 5) is 33.5. The zero-order valence-corrected chi connectivity index (χ0v) is 32.6. The van der Waals surface area contributed by atoms with E-state index in [1.165, 1.54) is 18.2 Å². The van der Waals surface area contributed by atoms with Crippen LogP contribution in [0.3, 0.4) is 0 Å². The fraction of sp³-hybridized carbons (Fsp3) is 0.419. The summed E-state index contributed by atoms with van der Waals surface area (Å²) >= 11 is 0. The van der Waals surface area contributed by atoms with Crippen LogP contribution in [0.1, 0.15) is 50.4 Å². The number of rotatable bonds is 14. The Morgan fingerprint density at radius 3 is 2.45 bits per heavy atom. The number of amides is 2. The Hall–Kier alpha value is -5.01. The van der Waals surface area contributed by atoms with Gasteiger partial charge in [-0.2, -0.15) is 0 Å². The van der Waals surface area contributed by atoms with Crippen LogP contribution >= 0.6 is 0 Å². The number of carbonyl (C=O) groups is 2. The lowest BCUT2D eigenvalue weighted by Crippen LogP contribution is -2.56. The minimum Gasteiger partial charge on any atom is -0.465 e. The van der Waals surface area contributed by atoms with Crippen LogP contribution in [0.25, 0.3) is 0 Å². The lowest BCUT2D eigenvalue weighted by Gasteiger charge is -2.51. The maximum absolute atomic E-state index is 15.1. The Labute approximate surface area is 328 Å². The summed E-state index contributed by atoms with van der Waals surface area (Å²) in [5.41, 5.74) is 1.79. The topological polar surface area (TPSA) is 137 Å². The summed E-state index contributed by atoms with van der Waals surface area (Å²) < 4.78 is 44.1. The molecule has 0 unspecified atom stereocenters. The fourth-order valence-corrected chi connectivity index (χ4v) is 11.0. The normalized spacial score (nSPS) is 20.6. The van der Waals surface area contributed by atoms with E-state index in [0.29, 0.717) is 18.2 Å². The molecule has 3 heterocycles. The van der Waals surface area contributed by atoms with Gasteiger partial charge in [0.1, 0.15) is 11.6 Å². The number of likely N-dealkylation sites (tertiary alicyclic amines) is 1. The van der Waals surface area contributed by atoms with Crippen molar-refractivity contribution in [3.05, 3.63) is 115 Å². The van der Waals surface area contributed by atoms with Crippen LogP contribution in [0.4, 0.5) is 20.6 Å². The summed E-state index contributed by atoms with van der Waals surface area (Å²) in [5.74, 6) is 0.944. The number of aryl methyl sites for hydroxylation is 1. The molecular weight excluding hydrogens is 732 g/mol. The maximum atomic E-state index is 15.1. The zero-order chi connectivity index (χ0) is 39.5. The Balaban J connectivity index is 1.02. The average molecular weight is 783 g/mol. The molecule has 4 aromatic rings. The van der Waals surface area contributed by atoms with E-state index in [0.717, 1.165) is 94.4 Å². The van der Waals surface area contributed by atoms with Crippen LogP contribution in [-0.4, -0.2) is 78.7 Å². The smallest absolute Gasteiger partial charge is 0.404 e. The van der Waals surface area contributed by atoms with Gasteiger partial charge < -0.3 is 30.1 Å². The summed E-state index contributed by atoms with van der Waals surface area (Å²) in [6.45, 7) is 10.6. The Kier molecular flexibility index (Phi) is 11.6. The van der Waals surface area contributed by atoms with E-state index < -0.39 is 27.3 Å². The van der Waals surface area contributed by atoms with E-state index in [2.05, 4.69) is 43.5 Å². The minimum absolute atomic E-state index is 0.000747. The molecule has 3 fully saturated rings. The van der Waals surface area contributed by atoms with E-state index in [-0.39, 0.29) is 33.5 Å². The highest BCUT2D eigenvalue weighted by Gasteiger charge is 2.52. The first-order valence-corrected chi connectivity index (χ1v) is 21.1. The Morgan fingerprint density at radius 1 is 1.00 bits per heavy atom. The zero-order valence-electron chi connectivity index (χ0n) is 31.8. The molecule has 1 saturated carbocycles. The SMILES string of the molecule is C=CC(=O)Nc1cccc(S(=O)(=O)c2ccc(N3CC(CN4CCC([C@@](Cn5ccnc5CC)(c5cccc(F)c5)[C@H]5CCC[C@@H]5NC(=O)O)CC4)C3)cc2)c1. The number of carboxylic acid groups (broad SMARTS) is 1. The third kappa shape index (κ3) is 8.10. The van der Waals surface area contributed by atoms with E-state index in [9.17, 15) is 23.1 Å². The first-order chi connectivity index (χ1) is 27.0. The van der Waals surface area contributed by atoms with Crippen molar-refractivity contribution in [3.63, 3.8) is 0 Å². The number of halogens is 1. The lowest BCUT2D eigenvalue weighted by molar-refractivity contribution is -0.111. The van der Waals surface area contributed by atoms with Crippen molar-refractivity contribution >= 4 is 33.2 Å². The van der Waals surface area contributed by atoms with Gasteiger partial charge in [0.15, 0.2) is 0 Å². The van der Waals surface area contributed by atoms with Crippen molar-refractivity contribution < 1.29 is 27.5 Å². The van der Waals surface area contributed by atoms with Crippen molar-refractivity contribution in [1.29, 1.82) is 0 Å². The number of nitrogens with one attached hydrogen (secondary N) is 2.